The molecule has 1 saturated heterocycles. The van der Waals surface area contributed by atoms with Crippen molar-refractivity contribution in [2.24, 2.45) is 0 Å². The number of hydrogen-bond acceptors (Lipinski definition) is 6. The van der Waals surface area contributed by atoms with Crippen LogP contribution in [0.4, 0.5) is 5.82 Å². The van der Waals surface area contributed by atoms with Crippen LogP contribution in [0.2, 0.25) is 0 Å². The number of sulfone groups is 1. The van der Waals surface area contributed by atoms with E-state index in [4.69, 9.17) is 0 Å². The normalized spacial score (nSPS) is 19.0. The zero-order valence-corrected chi connectivity index (χ0v) is 17.2. The molecular formula is C17H22N4O5S2. The number of aryl methyl sites for hydroxylation is 1. The van der Waals surface area contributed by atoms with Crippen LogP contribution in [0.5, 0.6) is 0 Å². The van der Waals surface area contributed by atoms with E-state index in [0.717, 1.165) is 4.31 Å². The Kier molecular flexibility index (Phi) is 5.60. The second kappa shape index (κ2) is 7.64. The van der Waals surface area contributed by atoms with Gasteiger partial charge in [0.1, 0.15) is 5.82 Å². The zero-order valence-electron chi connectivity index (χ0n) is 15.6. The van der Waals surface area contributed by atoms with Gasteiger partial charge in [-0.3, -0.25) is 4.79 Å². The number of rotatable bonds is 6. The molecule has 0 radical (unpaired) electrons. The molecule has 1 unspecified atom stereocenters. The third-order valence-electron chi connectivity index (χ3n) is 4.50. The van der Waals surface area contributed by atoms with Crippen molar-refractivity contribution in [1.29, 1.82) is 0 Å². The molecule has 0 aliphatic carbocycles. The second-order valence-electron chi connectivity index (χ2n) is 6.79. The van der Waals surface area contributed by atoms with E-state index in [1.165, 1.54) is 23.9 Å². The Labute approximate surface area is 164 Å². The van der Waals surface area contributed by atoms with Crippen molar-refractivity contribution >= 4 is 31.6 Å². The Bertz CT molecular complexity index is 1080. The van der Waals surface area contributed by atoms with Crippen LogP contribution in [0, 0.1) is 6.92 Å². The van der Waals surface area contributed by atoms with Crippen LogP contribution in [0.15, 0.2) is 41.3 Å². The summed E-state index contributed by atoms with van der Waals surface area (Å²) in [5, 5.41) is 6.94. The average molecular weight is 427 g/mol. The number of sulfonamides is 1. The Morgan fingerprint density at radius 2 is 2.00 bits per heavy atom. The van der Waals surface area contributed by atoms with Gasteiger partial charge < -0.3 is 5.32 Å². The topological polar surface area (TPSA) is 118 Å². The van der Waals surface area contributed by atoms with Crippen LogP contribution in [-0.2, 0) is 24.7 Å². The van der Waals surface area contributed by atoms with Crippen LogP contribution in [0.25, 0.3) is 0 Å². The first-order valence-electron chi connectivity index (χ1n) is 8.66. The molecule has 1 aliphatic heterocycles. The summed E-state index contributed by atoms with van der Waals surface area (Å²) < 4.78 is 51.0. The lowest BCUT2D eigenvalue weighted by Crippen LogP contribution is -2.35. The predicted molar refractivity (Wildman–Crippen MR) is 104 cm³/mol. The molecule has 9 nitrogen and oxygen atoms in total. The maximum atomic E-state index is 12.5. The zero-order chi connectivity index (χ0) is 20.5. The Morgan fingerprint density at radius 1 is 1.32 bits per heavy atom. The molecule has 0 spiro atoms. The highest BCUT2D eigenvalue weighted by molar-refractivity contribution is 7.91. The van der Waals surface area contributed by atoms with Gasteiger partial charge in [0.25, 0.3) is 0 Å². The van der Waals surface area contributed by atoms with Gasteiger partial charge in [-0.15, -0.1) is 0 Å². The van der Waals surface area contributed by atoms with Crippen LogP contribution < -0.4 is 5.32 Å². The third kappa shape index (κ3) is 4.42. The van der Waals surface area contributed by atoms with Crippen LogP contribution in [0.3, 0.4) is 0 Å². The molecule has 2 heterocycles. The quantitative estimate of drug-likeness (QED) is 0.730. The largest absolute Gasteiger partial charge is 0.310 e. The number of nitrogens with one attached hydrogen (secondary N) is 1. The maximum Gasteiger partial charge on any atom is 0.243 e. The van der Waals surface area contributed by atoms with Gasteiger partial charge in [0.2, 0.25) is 15.9 Å². The number of carbonyl (C=O) groups excluding carboxylic acids is 1. The Morgan fingerprint density at radius 3 is 2.61 bits per heavy atom. The molecule has 1 aromatic heterocycles. The molecule has 0 saturated carbocycles. The highest BCUT2D eigenvalue weighted by Crippen LogP contribution is 2.27. The summed E-state index contributed by atoms with van der Waals surface area (Å²) in [6.07, 6.45) is 0.425. The van der Waals surface area contributed by atoms with Gasteiger partial charge in [-0.05, 0) is 25.5 Å². The SMILES string of the molecule is Cc1cc(NC(=O)CN(C)S(=O)(=O)c2ccccc2)n(C2CCS(=O)(=O)C2)n1. The monoisotopic (exact) mass is 426 g/mol. The van der Waals surface area contributed by atoms with E-state index >= 15 is 0 Å². The molecular weight excluding hydrogens is 404 g/mol. The van der Waals surface area contributed by atoms with Gasteiger partial charge >= 0.3 is 0 Å². The summed E-state index contributed by atoms with van der Waals surface area (Å²) in [4.78, 5) is 12.5. The number of amides is 1. The fraction of sp³-hybridized carbons (Fsp3) is 0.412. The lowest BCUT2D eigenvalue weighted by atomic mass is 10.3. The van der Waals surface area contributed by atoms with E-state index in [0.29, 0.717) is 17.9 Å². The van der Waals surface area contributed by atoms with Gasteiger partial charge in [0.15, 0.2) is 9.84 Å². The smallest absolute Gasteiger partial charge is 0.243 e. The number of aromatic nitrogens is 2. The lowest BCUT2D eigenvalue weighted by Gasteiger charge is -2.18. The third-order valence-corrected chi connectivity index (χ3v) is 8.07. The Hall–Kier alpha value is -2.24. The summed E-state index contributed by atoms with van der Waals surface area (Å²) >= 11 is 0. The maximum absolute atomic E-state index is 12.5. The van der Waals surface area contributed by atoms with Crippen molar-refractivity contribution in [2.45, 2.75) is 24.3 Å². The van der Waals surface area contributed by atoms with E-state index in [9.17, 15) is 21.6 Å². The molecule has 152 valence electrons. The van der Waals surface area contributed by atoms with Crippen molar-refractivity contribution in [2.75, 3.05) is 30.4 Å². The molecule has 3 rings (SSSR count). The first kappa shape index (κ1) is 20.5. The van der Waals surface area contributed by atoms with E-state index in [1.54, 1.807) is 31.2 Å². The first-order chi connectivity index (χ1) is 13.1. The van der Waals surface area contributed by atoms with Gasteiger partial charge in [0, 0.05) is 13.1 Å². The molecule has 1 N–H and O–H groups in total. The number of carbonyl (C=O) groups is 1. The molecule has 2 aromatic rings. The molecule has 1 fully saturated rings. The van der Waals surface area contributed by atoms with Crippen molar-refractivity contribution in [1.82, 2.24) is 14.1 Å². The van der Waals surface area contributed by atoms with Gasteiger partial charge in [-0.25, -0.2) is 21.5 Å². The number of anilines is 1. The minimum absolute atomic E-state index is 0.0285. The highest BCUT2D eigenvalue weighted by atomic mass is 32.2. The van der Waals surface area contributed by atoms with E-state index in [-0.39, 0.29) is 29.0 Å². The second-order valence-corrected chi connectivity index (χ2v) is 11.1. The first-order valence-corrected chi connectivity index (χ1v) is 11.9. The number of nitrogens with zero attached hydrogens (tertiary/aromatic N) is 3. The van der Waals surface area contributed by atoms with Crippen molar-refractivity contribution in [3.05, 3.63) is 42.1 Å². The molecule has 28 heavy (non-hydrogen) atoms. The minimum atomic E-state index is -3.79. The molecule has 1 atom stereocenters. The van der Waals surface area contributed by atoms with E-state index < -0.39 is 25.8 Å². The number of hydrogen-bond donors (Lipinski definition) is 1. The van der Waals surface area contributed by atoms with Crippen LogP contribution >= 0.6 is 0 Å². The van der Waals surface area contributed by atoms with Crippen LogP contribution in [0.1, 0.15) is 18.2 Å². The summed E-state index contributed by atoms with van der Waals surface area (Å²) in [6.45, 7) is 1.35. The fourth-order valence-electron chi connectivity index (χ4n) is 3.10. The van der Waals surface area contributed by atoms with Gasteiger partial charge in [-0.2, -0.15) is 9.40 Å². The summed E-state index contributed by atoms with van der Waals surface area (Å²) in [5.41, 5.74) is 0.629. The summed E-state index contributed by atoms with van der Waals surface area (Å²) in [7, 11) is -5.57. The molecule has 1 aliphatic rings. The highest BCUT2D eigenvalue weighted by Gasteiger charge is 2.31. The number of benzene rings is 1. The van der Waals surface area contributed by atoms with E-state index in [2.05, 4.69) is 10.4 Å². The molecule has 0 bridgehead atoms. The van der Waals surface area contributed by atoms with E-state index in [1.807, 2.05) is 0 Å². The van der Waals surface area contributed by atoms with Crippen molar-refractivity contribution in [3.63, 3.8) is 0 Å². The molecule has 1 aromatic carbocycles. The van der Waals surface area contributed by atoms with Crippen LogP contribution in [-0.4, -0.2) is 61.9 Å². The molecule has 11 heteroatoms. The Balaban J connectivity index is 1.72. The standard InChI is InChI=1S/C17H22N4O5S2/c1-13-10-16(21(19-13)14-8-9-27(23,24)12-14)18-17(22)11-20(2)28(25,26)15-6-4-3-5-7-15/h3-7,10,14H,8-9,11-12H2,1-2H3,(H,18,22). The summed E-state index contributed by atoms with van der Waals surface area (Å²) in [5.74, 6) is -0.125. The van der Waals surface area contributed by atoms with Crippen molar-refractivity contribution in [3.8, 4) is 0 Å². The fourth-order valence-corrected chi connectivity index (χ4v) is 5.94. The lowest BCUT2D eigenvalue weighted by molar-refractivity contribution is -0.116. The van der Waals surface area contributed by atoms with Gasteiger partial charge in [0.05, 0.1) is 34.7 Å². The predicted octanol–water partition coefficient (Wildman–Crippen LogP) is 0.810. The van der Waals surface area contributed by atoms with Gasteiger partial charge in [-0.1, -0.05) is 18.2 Å². The number of likely N-dealkylation sites (N-methyl/N-ethyl adjacent to an activating group) is 1. The molecule has 1 amide bonds. The van der Waals surface area contributed by atoms with Crippen molar-refractivity contribution < 1.29 is 21.6 Å². The minimum Gasteiger partial charge on any atom is -0.310 e. The summed E-state index contributed by atoms with van der Waals surface area (Å²) in [6, 6.07) is 9.13. The average Bonchev–Trinajstić information content (AvgIpc) is 3.17.